The molecule has 0 amide bonds. The number of sulfonamides is 1. The third kappa shape index (κ3) is 4.51. The molecular formula is C24H24N4O2S. The average molecular weight is 433 g/mol. The van der Waals surface area contributed by atoms with Crippen LogP contribution in [0.15, 0.2) is 99.9 Å². The zero-order valence-corrected chi connectivity index (χ0v) is 18.3. The normalized spacial score (nSPS) is 16.8. The van der Waals surface area contributed by atoms with E-state index in [1.54, 1.807) is 36.3 Å². The molecule has 4 rings (SSSR count). The second kappa shape index (κ2) is 8.73. The van der Waals surface area contributed by atoms with Gasteiger partial charge in [-0.15, -0.1) is 0 Å². The SMILES string of the molecule is CN=C(NS(=O)(=O)c1ccc(C)cc1)N1CC(c2ccccc2)C(c2ccccc2)=N1. The van der Waals surface area contributed by atoms with Crippen molar-refractivity contribution in [3.63, 3.8) is 0 Å². The highest BCUT2D eigenvalue weighted by Gasteiger charge is 2.32. The van der Waals surface area contributed by atoms with E-state index in [-0.39, 0.29) is 16.8 Å². The van der Waals surface area contributed by atoms with Crippen molar-refractivity contribution in [3.05, 3.63) is 102 Å². The molecule has 7 heteroatoms. The summed E-state index contributed by atoms with van der Waals surface area (Å²) in [6.07, 6.45) is 0. The van der Waals surface area contributed by atoms with Gasteiger partial charge in [0, 0.05) is 13.0 Å². The van der Waals surface area contributed by atoms with Gasteiger partial charge in [-0.05, 0) is 30.2 Å². The molecule has 0 saturated carbocycles. The highest BCUT2D eigenvalue weighted by atomic mass is 32.2. The molecule has 3 aromatic carbocycles. The highest BCUT2D eigenvalue weighted by Crippen LogP contribution is 2.29. The molecule has 0 bridgehead atoms. The molecule has 158 valence electrons. The van der Waals surface area contributed by atoms with Crippen molar-refractivity contribution in [2.45, 2.75) is 17.7 Å². The van der Waals surface area contributed by atoms with Crippen molar-refractivity contribution in [1.29, 1.82) is 0 Å². The number of hydrogen-bond acceptors (Lipinski definition) is 4. The van der Waals surface area contributed by atoms with Crippen LogP contribution < -0.4 is 4.72 Å². The number of nitrogens with one attached hydrogen (secondary N) is 1. The van der Waals surface area contributed by atoms with Crippen molar-refractivity contribution < 1.29 is 8.42 Å². The van der Waals surface area contributed by atoms with E-state index < -0.39 is 10.0 Å². The lowest BCUT2D eigenvalue weighted by Gasteiger charge is -2.19. The predicted molar refractivity (Wildman–Crippen MR) is 124 cm³/mol. The van der Waals surface area contributed by atoms with E-state index in [4.69, 9.17) is 5.10 Å². The molecule has 0 saturated heterocycles. The summed E-state index contributed by atoms with van der Waals surface area (Å²) in [5.41, 5.74) is 3.98. The van der Waals surface area contributed by atoms with Crippen LogP contribution in [-0.2, 0) is 10.0 Å². The summed E-state index contributed by atoms with van der Waals surface area (Å²) >= 11 is 0. The van der Waals surface area contributed by atoms with E-state index in [2.05, 4.69) is 21.8 Å². The van der Waals surface area contributed by atoms with Gasteiger partial charge in [0.15, 0.2) is 0 Å². The largest absolute Gasteiger partial charge is 0.264 e. The standard InChI is InChI=1S/C24H24N4O2S/c1-18-13-15-21(16-14-18)31(29,30)27-24(25-2)28-17-22(19-9-5-3-6-10-19)23(26-28)20-11-7-4-8-12-20/h3-16,22H,17H2,1-2H3,(H,25,27). The smallest absolute Gasteiger partial charge is 0.254 e. The molecule has 0 aromatic heterocycles. The number of aliphatic imine (C=N–C) groups is 1. The zero-order chi connectivity index (χ0) is 21.8. The van der Waals surface area contributed by atoms with E-state index in [1.165, 1.54) is 0 Å². The summed E-state index contributed by atoms with van der Waals surface area (Å²) in [6.45, 7) is 2.40. The minimum Gasteiger partial charge on any atom is -0.254 e. The summed E-state index contributed by atoms with van der Waals surface area (Å²) in [6, 6.07) is 26.7. The number of hydrogen-bond donors (Lipinski definition) is 1. The quantitative estimate of drug-likeness (QED) is 0.504. The lowest BCUT2D eigenvalue weighted by atomic mass is 9.91. The molecule has 31 heavy (non-hydrogen) atoms. The summed E-state index contributed by atoms with van der Waals surface area (Å²) < 4.78 is 28.4. The first-order valence-electron chi connectivity index (χ1n) is 10.0. The Bertz CT molecular complexity index is 1210. The van der Waals surface area contributed by atoms with Gasteiger partial charge in [-0.2, -0.15) is 5.10 Å². The Morgan fingerprint density at radius 1 is 0.968 bits per heavy atom. The van der Waals surface area contributed by atoms with E-state index in [0.717, 1.165) is 22.4 Å². The maximum Gasteiger partial charge on any atom is 0.264 e. The average Bonchev–Trinajstić information content (AvgIpc) is 3.24. The van der Waals surface area contributed by atoms with Gasteiger partial charge in [0.05, 0.1) is 17.2 Å². The Hall–Kier alpha value is -3.45. The second-order valence-corrected chi connectivity index (χ2v) is 9.04. The Morgan fingerprint density at radius 2 is 1.58 bits per heavy atom. The molecule has 0 radical (unpaired) electrons. The maximum absolute atomic E-state index is 12.9. The lowest BCUT2D eigenvalue weighted by molar-refractivity contribution is 0.462. The van der Waals surface area contributed by atoms with Crippen LogP contribution in [0.2, 0.25) is 0 Å². The van der Waals surface area contributed by atoms with Crippen molar-refractivity contribution >= 4 is 21.7 Å². The van der Waals surface area contributed by atoms with Crippen molar-refractivity contribution in [2.75, 3.05) is 13.6 Å². The van der Waals surface area contributed by atoms with Gasteiger partial charge >= 0.3 is 0 Å². The molecule has 1 aliphatic heterocycles. The van der Waals surface area contributed by atoms with Gasteiger partial charge in [0.1, 0.15) is 0 Å². The van der Waals surface area contributed by atoms with Crippen LogP contribution in [0.1, 0.15) is 22.6 Å². The number of benzene rings is 3. The van der Waals surface area contributed by atoms with Gasteiger partial charge in [0.25, 0.3) is 10.0 Å². The molecule has 1 N–H and O–H groups in total. The van der Waals surface area contributed by atoms with Gasteiger partial charge < -0.3 is 0 Å². The van der Waals surface area contributed by atoms with Crippen LogP contribution in [0, 0.1) is 6.92 Å². The fourth-order valence-corrected chi connectivity index (χ4v) is 4.61. The third-order valence-corrected chi connectivity index (χ3v) is 6.54. The number of nitrogens with zero attached hydrogens (tertiary/aromatic N) is 3. The summed E-state index contributed by atoms with van der Waals surface area (Å²) in [7, 11) is -2.23. The van der Waals surface area contributed by atoms with E-state index in [9.17, 15) is 8.42 Å². The molecule has 0 aliphatic carbocycles. The molecule has 6 nitrogen and oxygen atoms in total. The van der Waals surface area contributed by atoms with Crippen molar-refractivity contribution in [3.8, 4) is 0 Å². The number of hydrazone groups is 1. The molecule has 0 spiro atoms. The van der Waals surface area contributed by atoms with Crippen LogP contribution in [0.3, 0.4) is 0 Å². The Kier molecular flexibility index (Phi) is 5.86. The fraction of sp³-hybridized carbons (Fsp3) is 0.167. The first-order valence-corrected chi connectivity index (χ1v) is 11.5. The van der Waals surface area contributed by atoms with Crippen LogP contribution in [0.25, 0.3) is 0 Å². The van der Waals surface area contributed by atoms with Gasteiger partial charge in [-0.25, -0.2) is 18.1 Å². The molecular weight excluding hydrogens is 408 g/mol. The molecule has 3 aromatic rings. The van der Waals surface area contributed by atoms with Crippen molar-refractivity contribution in [2.24, 2.45) is 10.1 Å². The van der Waals surface area contributed by atoms with Crippen molar-refractivity contribution in [1.82, 2.24) is 9.73 Å². The van der Waals surface area contributed by atoms with Crippen LogP contribution in [0.4, 0.5) is 0 Å². The molecule has 1 atom stereocenters. The maximum atomic E-state index is 12.9. The first kappa shape index (κ1) is 20.8. The predicted octanol–water partition coefficient (Wildman–Crippen LogP) is 3.76. The molecule has 1 heterocycles. The minimum absolute atomic E-state index is 0.00997. The van der Waals surface area contributed by atoms with Gasteiger partial charge in [-0.1, -0.05) is 78.4 Å². The summed E-state index contributed by atoms with van der Waals surface area (Å²) in [4.78, 5) is 4.39. The second-order valence-electron chi connectivity index (χ2n) is 7.36. The summed E-state index contributed by atoms with van der Waals surface area (Å²) in [5, 5.41) is 6.40. The van der Waals surface area contributed by atoms with E-state index in [0.29, 0.717) is 6.54 Å². The molecule has 1 aliphatic rings. The minimum atomic E-state index is -3.78. The van der Waals surface area contributed by atoms with Gasteiger partial charge in [0.2, 0.25) is 5.96 Å². The van der Waals surface area contributed by atoms with E-state index in [1.807, 2.05) is 55.5 Å². The van der Waals surface area contributed by atoms with Crippen LogP contribution in [0.5, 0.6) is 0 Å². The zero-order valence-electron chi connectivity index (χ0n) is 17.4. The topological polar surface area (TPSA) is 74.1 Å². The number of guanidine groups is 1. The Balaban J connectivity index is 1.66. The van der Waals surface area contributed by atoms with Crippen LogP contribution in [-0.4, -0.2) is 38.7 Å². The highest BCUT2D eigenvalue weighted by molar-refractivity contribution is 7.90. The molecule has 1 unspecified atom stereocenters. The number of aryl methyl sites for hydroxylation is 1. The van der Waals surface area contributed by atoms with E-state index >= 15 is 0 Å². The van der Waals surface area contributed by atoms with Gasteiger partial charge in [-0.3, -0.25) is 4.99 Å². The monoisotopic (exact) mass is 432 g/mol. The fourth-order valence-electron chi connectivity index (χ4n) is 3.56. The Labute approximate surface area is 183 Å². The number of rotatable bonds is 4. The third-order valence-electron chi connectivity index (χ3n) is 5.20. The lowest BCUT2D eigenvalue weighted by Crippen LogP contribution is -2.41. The summed E-state index contributed by atoms with van der Waals surface area (Å²) in [5.74, 6) is 0.177. The first-order chi connectivity index (χ1) is 15.0. The molecule has 0 fully saturated rings. The Morgan fingerprint density at radius 3 is 2.19 bits per heavy atom. The van der Waals surface area contributed by atoms with Crippen LogP contribution >= 0.6 is 0 Å².